The monoisotopic (exact) mass is 387 g/mol. The Morgan fingerprint density at radius 1 is 1.00 bits per heavy atom. The average molecular weight is 387 g/mol. The summed E-state index contributed by atoms with van der Waals surface area (Å²) in [5.41, 5.74) is 3.61. The lowest BCUT2D eigenvalue weighted by atomic mass is 9.90. The molecule has 7 heteroatoms. The fourth-order valence-electron chi connectivity index (χ4n) is 3.29. The van der Waals surface area contributed by atoms with Crippen LogP contribution in [0.3, 0.4) is 0 Å². The van der Waals surface area contributed by atoms with Gasteiger partial charge in [0.15, 0.2) is 0 Å². The van der Waals surface area contributed by atoms with Crippen LogP contribution in [-0.4, -0.2) is 32.1 Å². The Morgan fingerprint density at radius 3 is 2.33 bits per heavy atom. The molecule has 0 saturated carbocycles. The Morgan fingerprint density at radius 2 is 1.67 bits per heavy atom. The molecule has 0 radical (unpaired) electrons. The molecule has 0 bridgehead atoms. The van der Waals surface area contributed by atoms with Crippen LogP contribution in [0, 0.1) is 6.92 Å². The number of carbonyl (C=O) groups is 3. The normalized spacial score (nSPS) is 12.9. The van der Waals surface area contributed by atoms with E-state index >= 15 is 0 Å². The van der Waals surface area contributed by atoms with Gasteiger partial charge in [-0.05, 0) is 61.4 Å². The summed E-state index contributed by atoms with van der Waals surface area (Å²) < 4.78 is 9.57. The first kappa shape index (κ1) is 19.1. The van der Waals surface area contributed by atoms with Crippen LogP contribution >= 0.6 is 11.3 Å². The van der Waals surface area contributed by atoms with E-state index in [1.54, 1.807) is 13.0 Å². The van der Waals surface area contributed by atoms with Crippen molar-refractivity contribution in [1.29, 1.82) is 0 Å². The topological polar surface area (TPSA) is 81.7 Å². The van der Waals surface area contributed by atoms with Crippen LogP contribution in [-0.2, 0) is 22.3 Å². The van der Waals surface area contributed by atoms with Crippen LogP contribution < -0.4 is 5.32 Å². The second-order valence-corrected chi connectivity index (χ2v) is 7.41. The zero-order valence-electron chi connectivity index (χ0n) is 15.5. The number of nitrogens with one attached hydrogen (secondary N) is 1. The molecular formula is C20H21NO5S. The van der Waals surface area contributed by atoms with Crippen molar-refractivity contribution in [1.82, 2.24) is 0 Å². The average Bonchev–Trinajstić information content (AvgIpc) is 3.02. The van der Waals surface area contributed by atoms with Crippen LogP contribution in [0.25, 0.3) is 0 Å². The molecule has 1 N–H and O–H groups in total. The quantitative estimate of drug-likeness (QED) is 0.808. The van der Waals surface area contributed by atoms with Gasteiger partial charge in [-0.25, -0.2) is 9.59 Å². The van der Waals surface area contributed by atoms with E-state index < -0.39 is 11.9 Å². The molecule has 0 saturated heterocycles. The minimum atomic E-state index is -0.611. The molecule has 27 heavy (non-hydrogen) atoms. The number of fused-ring (bicyclic) bond motifs is 1. The summed E-state index contributed by atoms with van der Waals surface area (Å²) in [7, 11) is 2.52. The number of hydrogen-bond acceptors (Lipinski definition) is 6. The van der Waals surface area contributed by atoms with Gasteiger partial charge in [0.2, 0.25) is 0 Å². The Labute approximate surface area is 161 Å². The number of thiophene rings is 1. The zero-order chi connectivity index (χ0) is 19.6. The van der Waals surface area contributed by atoms with E-state index in [0.717, 1.165) is 30.6 Å². The van der Waals surface area contributed by atoms with E-state index in [4.69, 9.17) is 9.47 Å². The Kier molecular flexibility index (Phi) is 5.60. The van der Waals surface area contributed by atoms with Crippen LogP contribution in [0.5, 0.6) is 0 Å². The van der Waals surface area contributed by atoms with E-state index in [-0.39, 0.29) is 21.3 Å². The number of hydrogen-bond donors (Lipinski definition) is 1. The third-order valence-corrected chi connectivity index (χ3v) is 5.93. The summed E-state index contributed by atoms with van der Waals surface area (Å²) in [6.07, 6.45) is 4.30. The number of amides is 1. The standard InChI is InChI=1S/C20H21NO5S/c1-11-15(19(23)25-2)18(27-16(11)20(24)26-3)21-17(22)14-9-8-12-6-4-5-7-13(12)10-14/h8-10H,4-7H2,1-3H3,(H,21,22). The van der Waals surface area contributed by atoms with Gasteiger partial charge in [-0.3, -0.25) is 4.79 Å². The van der Waals surface area contributed by atoms with Crippen LogP contribution in [0.15, 0.2) is 18.2 Å². The first-order valence-electron chi connectivity index (χ1n) is 8.69. The van der Waals surface area contributed by atoms with Crippen LogP contribution in [0.2, 0.25) is 0 Å². The van der Waals surface area contributed by atoms with Crippen molar-refractivity contribution in [2.75, 3.05) is 19.5 Å². The predicted octanol–water partition coefficient (Wildman–Crippen LogP) is 3.76. The van der Waals surface area contributed by atoms with Crippen LogP contribution in [0.1, 0.15) is 59.9 Å². The maximum Gasteiger partial charge on any atom is 0.348 e. The van der Waals surface area contributed by atoms with Gasteiger partial charge in [0, 0.05) is 5.56 Å². The summed E-state index contributed by atoms with van der Waals surface area (Å²) in [6.45, 7) is 1.63. The number of aryl methyl sites for hydroxylation is 2. The summed E-state index contributed by atoms with van der Waals surface area (Å²) in [6, 6.07) is 5.69. The molecule has 0 unspecified atom stereocenters. The second kappa shape index (κ2) is 7.92. The van der Waals surface area contributed by atoms with Gasteiger partial charge in [-0.15, -0.1) is 11.3 Å². The first-order valence-corrected chi connectivity index (χ1v) is 9.51. The highest BCUT2D eigenvalue weighted by atomic mass is 32.1. The minimum Gasteiger partial charge on any atom is -0.465 e. The molecule has 1 aliphatic carbocycles. The van der Waals surface area contributed by atoms with Crippen molar-refractivity contribution in [2.45, 2.75) is 32.6 Å². The van der Waals surface area contributed by atoms with Crippen molar-refractivity contribution >= 4 is 34.2 Å². The molecule has 1 amide bonds. The molecule has 1 aromatic heterocycles. The van der Waals surface area contributed by atoms with Crippen molar-refractivity contribution in [3.05, 3.63) is 50.9 Å². The zero-order valence-corrected chi connectivity index (χ0v) is 16.3. The van der Waals surface area contributed by atoms with E-state index in [0.29, 0.717) is 11.1 Å². The van der Waals surface area contributed by atoms with Gasteiger partial charge in [0.25, 0.3) is 5.91 Å². The summed E-state index contributed by atoms with van der Waals surface area (Å²) >= 11 is 1.01. The molecule has 3 rings (SSSR count). The molecule has 1 aliphatic rings. The molecule has 2 aromatic rings. The maximum absolute atomic E-state index is 12.8. The SMILES string of the molecule is COC(=O)c1sc(NC(=O)c2ccc3c(c2)CCCC3)c(C(=O)OC)c1C. The number of carbonyl (C=O) groups excluding carboxylic acids is 3. The lowest BCUT2D eigenvalue weighted by Gasteiger charge is -2.16. The summed E-state index contributed by atoms with van der Waals surface area (Å²) in [5, 5.41) is 3.04. The largest absolute Gasteiger partial charge is 0.465 e. The highest BCUT2D eigenvalue weighted by Crippen LogP contribution is 2.34. The smallest absolute Gasteiger partial charge is 0.348 e. The van der Waals surface area contributed by atoms with Crippen molar-refractivity contribution in [3.63, 3.8) is 0 Å². The van der Waals surface area contributed by atoms with Crippen molar-refractivity contribution in [3.8, 4) is 0 Å². The van der Waals surface area contributed by atoms with E-state index in [1.807, 2.05) is 12.1 Å². The lowest BCUT2D eigenvalue weighted by molar-refractivity contribution is 0.0601. The molecule has 142 valence electrons. The summed E-state index contributed by atoms with van der Waals surface area (Å²) in [5.74, 6) is -1.50. The van der Waals surface area contributed by atoms with E-state index in [2.05, 4.69) is 5.32 Å². The molecule has 1 heterocycles. The number of rotatable bonds is 4. The first-order chi connectivity index (χ1) is 13.0. The molecular weight excluding hydrogens is 366 g/mol. The van der Waals surface area contributed by atoms with Gasteiger partial charge in [-0.1, -0.05) is 6.07 Å². The number of anilines is 1. The Bertz CT molecular complexity index is 915. The second-order valence-electron chi connectivity index (χ2n) is 6.39. The third-order valence-electron chi connectivity index (χ3n) is 4.74. The molecule has 0 aliphatic heterocycles. The highest BCUT2D eigenvalue weighted by molar-refractivity contribution is 7.18. The fourth-order valence-corrected chi connectivity index (χ4v) is 4.39. The molecule has 0 spiro atoms. The highest BCUT2D eigenvalue weighted by Gasteiger charge is 2.27. The van der Waals surface area contributed by atoms with Gasteiger partial charge in [-0.2, -0.15) is 0 Å². The van der Waals surface area contributed by atoms with Crippen molar-refractivity contribution in [2.24, 2.45) is 0 Å². The number of ether oxygens (including phenoxy) is 2. The predicted molar refractivity (Wildman–Crippen MR) is 103 cm³/mol. The molecule has 1 aromatic carbocycles. The Balaban J connectivity index is 1.93. The van der Waals surface area contributed by atoms with Gasteiger partial charge < -0.3 is 14.8 Å². The van der Waals surface area contributed by atoms with E-state index in [1.165, 1.54) is 31.8 Å². The van der Waals surface area contributed by atoms with Gasteiger partial charge in [0.05, 0.1) is 19.8 Å². The fraction of sp³-hybridized carbons (Fsp3) is 0.350. The van der Waals surface area contributed by atoms with Gasteiger partial charge in [0.1, 0.15) is 9.88 Å². The molecule has 0 atom stereocenters. The maximum atomic E-state index is 12.8. The lowest BCUT2D eigenvalue weighted by Crippen LogP contribution is -2.15. The molecule has 0 fully saturated rings. The number of benzene rings is 1. The summed E-state index contributed by atoms with van der Waals surface area (Å²) in [4.78, 5) is 37.1. The van der Waals surface area contributed by atoms with Gasteiger partial charge >= 0.3 is 11.9 Å². The molecule has 6 nitrogen and oxygen atoms in total. The van der Waals surface area contributed by atoms with Crippen LogP contribution in [0.4, 0.5) is 5.00 Å². The number of methoxy groups -OCH3 is 2. The minimum absolute atomic E-state index is 0.175. The van der Waals surface area contributed by atoms with Crippen molar-refractivity contribution < 1.29 is 23.9 Å². The van der Waals surface area contributed by atoms with E-state index in [9.17, 15) is 14.4 Å². The third kappa shape index (κ3) is 3.73. The number of esters is 2. The Hall–Kier alpha value is -2.67.